The fourth-order valence-corrected chi connectivity index (χ4v) is 4.14. The molecule has 3 rings (SSSR count). The second-order valence-corrected chi connectivity index (χ2v) is 6.58. The van der Waals surface area contributed by atoms with Gasteiger partial charge in [-0.25, -0.2) is 0 Å². The first kappa shape index (κ1) is 14.2. The van der Waals surface area contributed by atoms with E-state index in [1.54, 1.807) is 0 Å². The van der Waals surface area contributed by atoms with Gasteiger partial charge < -0.3 is 9.47 Å². The van der Waals surface area contributed by atoms with Crippen LogP contribution in [0.1, 0.15) is 16.0 Å². The van der Waals surface area contributed by atoms with Gasteiger partial charge in [0.1, 0.15) is 13.2 Å². The Labute approximate surface area is 139 Å². The molecule has 0 aromatic heterocycles. The molecule has 1 unspecified atom stereocenters. The van der Waals surface area contributed by atoms with E-state index in [2.05, 4.69) is 31.9 Å². The zero-order chi connectivity index (χ0) is 14.1. The highest BCUT2D eigenvalue weighted by Crippen LogP contribution is 2.43. The van der Waals surface area contributed by atoms with E-state index < -0.39 is 0 Å². The molecule has 0 spiro atoms. The number of rotatable bonds is 2. The van der Waals surface area contributed by atoms with Gasteiger partial charge in [0.25, 0.3) is 0 Å². The third-order valence-corrected chi connectivity index (χ3v) is 5.13. The summed E-state index contributed by atoms with van der Waals surface area (Å²) in [6.45, 7) is 1.16. The highest BCUT2D eigenvalue weighted by molar-refractivity contribution is 9.11. The summed E-state index contributed by atoms with van der Waals surface area (Å²) in [6, 6.07) is 11.7. The van der Waals surface area contributed by atoms with Gasteiger partial charge >= 0.3 is 0 Å². The quantitative estimate of drug-likeness (QED) is 0.612. The summed E-state index contributed by atoms with van der Waals surface area (Å²) in [4.78, 5) is -0.0126. The molecule has 2 aromatic rings. The summed E-state index contributed by atoms with van der Waals surface area (Å²) in [6.07, 6.45) is 0. The molecule has 0 saturated heterocycles. The Kier molecular flexibility index (Phi) is 4.24. The molecule has 1 atom stereocenters. The molecule has 5 heteroatoms. The molecule has 2 nitrogen and oxygen atoms in total. The molecule has 0 saturated carbocycles. The number of fused-ring (bicyclic) bond motifs is 1. The fraction of sp³-hybridized carbons (Fsp3) is 0.200. The third-order valence-electron chi connectivity index (χ3n) is 3.11. The number of ether oxygens (including phenoxy) is 2. The van der Waals surface area contributed by atoms with Crippen molar-refractivity contribution in [1.29, 1.82) is 0 Å². The Balaban J connectivity index is 2.03. The van der Waals surface area contributed by atoms with Crippen LogP contribution in [-0.2, 0) is 0 Å². The van der Waals surface area contributed by atoms with Crippen LogP contribution in [0.2, 0.25) is 5.02 Å². The second-order valence-electron chi connectivity index (χ2n) is 4.40. The molecule has 0 aliphatic carbocycles. The Morgan fingerprint density at radius 2 is 1.65 bits per heavy atom. The van der Waals surface area contributed by atoms with E-state index in [-0.39, 0.29) is 4.83 Å². The predicted molar refractivity (Wildman–Crippen MR) is 87.4 cm³/mol. The van der Waals surface area contributed by atoms with Gasteiger partial charge in [0.05, 0.1) is 4.83 Å². The van der Waals surface area contributed by atoms with Crippen LogP contribution in [0.4, 0.5) is 0 Å². The van der Waals surface area contributed by atoms with Gasteiger partial charge in [-0.1, -0.05) is 61.7 Å². The molecule has 0 radical (unpaired) electrons. The van der Waals surface area contributed by atoms with Crippen molar-refractivity contribution < 1.29 is 9.47 Å². The molecule has 0 bridgehead atoms. The first-order valence-corrected chi connectivity index (χ1v) is 8.23. The van der Waals surface area contributed by atoms with Crippen LogP contribution < -0.4 is 9.47 Å². The van der Waals surface area contributed by atoms with Crippen molar-refractivity contribution in [3.63, 3.8) is 0 Å². The summed E-state index contributed by atoms with van der Waals surface area (Å²) in [5.74, 6) is 1.54. The zero-order valence-electron chi connectivity index (χ0n) is 10.4. The SMILES string of the molecule is Clc1ccccc1C(Br)c1cc2c(cc1Br)OCCO2. The van der Waals surface area contributed by atoms with E-state index in [1.807, 2.05) is 36.4 Å². The molecular weight excluding hydrogens is 407 g/mol. The van der Waals surface area contributed by atoms with Crippen LogP contribution in [0, 0.1) is 0 Å². The summed E-state index contributed by atoms with van der Waals surface area (Å²) in [5, 5.41) is 0.733. The van der Waals surface area contributed by atoms with E-state index in [4.69, 9.17) is 21.1 Å². The monoisotopic (exact) mass is 416 g/mol. The lowest BCUT2D eigenvalue weighted by molar-refractivity contribution is 0.171. The molecule has 1 aliphatic heterocycles. The van der Waals surface area contributed by atoms with Crippen molar-refractivity contribution in [1.82, 2.24) is 0 Å². The van der Waals surface area contributed by atoms with Crippen molar-refractivity contribution in [3.8, 4) is 11.5 Å². The first-order chi connectivity index (χ1) is 9.66. The number of hydrogen-bond donors (Lipinski definition) is 0. The van der Waals surface area contributed by atoms with Crippen molar-refractivity contribution in [3.05, 3.63) is 57.0 Å². The Hall–Kier alpha value is -0.710. The minimum absolute atomic E-state index is 0.0126. The maximum atomic E-state index is 6.26. The minimum atomic E-state index is -0.0126. The first-order valence-electron chi connectivity index (χ1n) is 6.14. The van der Waals surface area contributed by atoms with Crippen LogP contribution >= 0.6 is 43.5 Å². The Morgan fingerprint density at radius 1 is 1.00 bits per heavy atom. The van der Waals surface area contributed by atoms with Gasteiger partial charge in [-0.2, -0.15) is 0 Å². The maximum Gasteiger partial charge on any atom is 0.162 e. The average Bonchev–Trinajstić information content (AvgIpc) is 2.46. The van der Waals surface area contributed by atoms with E-state index in [9.17, 15) is 0 Å². The van der Waals surface area contributed by atoms with Gasteiger partial charge in [0, 0.05) is 9.50 Å². The summed E-state index contributed by atoms with van der Waals surface area (Å²) in [7, 11) is 0. The number of halogens is 3. The smallest absolute Gasteiger partial charge is 0.162 e. The predicted octanol–water partition coefficient (Wildman–Crippen LogP) is 5.36. The standard InChI is InChI=1S/C15H11Br2ClO2/c16-11-8-14-13(19-5-6-20-14)7-10(11)15(17)9-3-1-2-4-12(9)18/h1-4,7-8,15H,5-6H2. The molecular formula is C15H11Br2ClO2. The van der Waals surface area contributed by atoms with E-state index in [1.165, 1.54) is 0 Å². The Bertz CT molecular complexity index is 646. The van der Waals surface area contributed by atoms with Gasteiger partial charge in [-0.15, -0.1) is 0 Å². The molecule has 1 aliphatic rings. The molecule has 0 fully saturated rings. The highest BCUT2D eigenvalue weighted by Gasteiger charge is 2.21. The third kappa shape index (κ3) is 2.69. The van der Waals surface area contributed by atoms with Crippen molar-refractivity contribution in [2.45, 2.75) is 4.83 Å². The van der Waals surface area contributed by atoms with Gasteiger partial charge in [-0.3, -0.25) is 0 Å². The summed E-state index contributed by atoms with van der Waals surface area (Å²) >= 11 is 13.6. The summed E-state index contributed by atoms with van der Waals surface area (Å²) in [5.41, 5.74) is 2.08. The molecule has 1 heterocycles. The number of benzene rings is 2. The van der Waals surface area contributed by atoms with Crippen LogP contribution in [0.5, 0.6) is 11.5 Å². The Morgan fingerprint density at radius 3 is 2.35 bits per heavy atom. The number of alkyl halides is 1. The lowest BCUT2D eigenvalue weighted by Crippen LogP contribution is -2.15. The zero-order valence-corrected chi connectivity index (χ0v) is 14.3. The summed E-state index contributed by atoms with van der Waals surface area (Å²) < 4.78 is 12.2. The largest absolute Gasteiger partial charge is 0.486 e. The van der Waals surface area contributed by atoms with E-state index in [0.717, 1.165) is 32.1 Å². The lowest BCUT2D eigenvalue weighted by atomic mass is 10.0. The maximum absolute atomic E-state index is 6.26. The number of hydrogen-bond acceptors (Lipinski definition) is 2. The lowest BCUT2D eigenvalue weighted by Gasteiger charge is -2.22. The highest BCUT2D eigenvalue weighted by atomic mass is 79.9. The van der Waals surface area contributed by atoms with Crippen LogP contribution in [-0.4, -0.2) is 13.2 Å². The average molecular weight is 419 g/mol. The van der Waals surface area contributed by atoms with Crippen molar-refractivity contribution in [2.24, 2.45) is 0 Å². The normalized spacial score (nSPS) is 14.9. The molecule has 20 heavy (non-hydrogen) atoms. The molecule has 0 amide bonds. The second kappa shape index (κ2) is 5.96. The topological polar surface area (TPSA) is 18.5 Å². The van der Waals surface area contributed by atoms with E-state index in [0.29, 0.717) is 13.2 Å². The molecule has 2 aromatic carbocycles. The van der Waals surface area contributed by atoms with Gasteiger partial charge in [0.2, 0.25) is 0 Å². The molecule has 104 valence electrons. The van der Waals surface area contributed by atoms with Crippen LogP contribution in [0.25, 0.3) is 0 Å². The van der Waals surface area contributed by atoms with Gasteiger partial charge in [0.15, 0.2) is 11.5 Å². The van der Waals surface area contributed by atoms with Crippen molar-refractivity contribution in [2.75, 3.05) is 13.2 Å². The van der Waals surface area contributed by atoms with Crippen molar-refractivity contribution >= 4 is 43.5 Å². The van der Waals surface area contributed by atoms with E-state index >= 15 is 0 Å². The van der Waals surface area contributed by atoms with Gasteiger partial charge in [-0.05, 0) is 29.3 Å². The van der Waals surface area contributed by atoms with Crippen LogP contribution in [0.3, 0.4) is 0 Å². The fourth-order valence-electron chi connectivity index (χ4n) is 2.12. The minimum Gasteiger partial charge on any atom is -0.486 e. The van der Waals surface area contributed by atoms with Crippen LogP contribution in [0.15, 0.2) is 40.9 Å². The molecule has 0 N–H and O–H groups in total.